The van der Waals surface area contributed by atoms with E-state index in [2.05, 4.69) is 21.3 Å². The van der Waals surface area contributed by atoms with Crippen LogP contribution in [0.4, 0.5) is 0 Å². The second-order valence-electron chi connectivity index (χ2n) is 12.8. The molecule has 2 heterocycles. The van der Waals surface area contributed by atoms with Crippen molar-refractivity contribution in [2.75, 3.05) is 26.2 Å². The lowest BCUT2D eigenvalue weighted by Gasteiger charge is -2.31. The van der Waals surface area contributed by atoms with Gasteiger partial charge in [-0.15, -0.1) is 12.4 Å². The number of amides is 4. The lowest BCUT2D eigenvalue weighted by atomic mass is 9.94. The number of halogens is 1. The Bertz CT molecular complexity index is 1310. The van der Waals surface area contributed by atoms with Crippen LogP contribution < -0.4 is 21.3 Å². The van der Waals surface area contributed by atoms with Crippen molar-refractivity contribution in [1.82, 2.24) is 26.2 Å². The Morgan fingerprint density at radius 1 is 1.05 bits per heavy atom. The number of aliphatic hydroxyl groups is 1. The number of hydrogen-bond acceptors (Lipinski definition) is 6. The molecule has 0 radical (unpaired) electrons. The molecule has 43 heavy (non-hydrogen) atoms. The van der Waals surface area contributed by atoms with Crippen molar-refractivity contribution in [2.45, 2.75) is 83.5 Å². The number of nitrogens with zero attached hydrogens (tertiary/aromatic N) is 1. The second-order valence-corrected chi connectivity index (χ2v) is 12.8. The van der Waals surface area contributed by atoms with Crippen molar-refractivity contribution in [3.63, 3.8) is 0 Å². The summed E-state index contributed by atoms with van der Waals surface area (Å²) in [6, 6.07) is 12.3. The topological polar surface area (TPSA) is 140 Å². The zero-order chi connectivity index (χ0) is 30.5. The van der Waals surface area contributed by atoms with Gasteiger partial charge in [-0.3, -0.25) is 19.2 Å². The molecule has 4 rings (SSSR count). The van der Waals surface area contributed by atoms with E-state index in [1.165, 1.54) is 0 Å². The lowest BCUT2D eigenvalue weighted by Crippen LogP contribution is -2.56. The predicted molar refractivity (Wildman–Crippen MR) is 169 cm³/mol. The summed E-state index contributed by atoms with van der Waals surface area (Å²) < 4.78 is 0. The summed E-state index contributed by atoms with van der Waals surface area (Å²) in [6.45, 7) is 8.50. The van der Waals surface area contributed by atoms with Crippen molar-refractivity contribution < 1.29 is 24.3 Å². The molecule has 4 amide bonds. The largest absolute Gasteiger partial charge is 0.389 e. The molecule has 236 valence electrons. The highest BCUT2D eigenvalue weighted by molar-refractivity contribution is 5.94. The summed E-state index contributed by atoms with van der Waals surface area (Å²) in [5.41, 5.74) is -0.407. The Balaban J connectivity index is 0.00000506. The summed E-state index contributed by atoms with van der Waals surface area (Å²) in [7, 11) is 0. The third kappa shape index (κ3) is 8.68. The van der Waals surface area contributed by atoms with Crippen LogP contribution in [0.25, 0.3) is 10.8 Å². The first kappa shape index (κ1) is 34.3. The van der Waals surface area contributed by atoms with Crippen molar-refractivity contribution in [3.8, 4) is 0 Å². The van der Waals surface area contributed by atoms with E-state index in [4.69, 9.17) is 0 Å². The fourth-order valence-electron chi connectivity index (χ4n) is 5.70. The lowest BCUT2D eigenvalue weighted by molar-refractivity contribution is -0.145. The van der Waals surface area contributed by atoms with Crippen molar-refractivity contribution >= 4 is 46.8 Å². The molecular weight excluding hydrogens is 570 g/mol. The number of rotatable bonds is 10. The molecule has 2 aliphatic rings. The molecule has 0 aliphatic carbocycles. The number of hydrogen-bond donors (Lipinski definition) is 5. The number of benzene rings is 2. The number of aliphatic hydroxyl groups excluding tert-OH is 1. The first-order valence-electron chi connectivity index (χ1n) is 15.0. The molecular formula is C32H46ClN5O5. The van der Waals surface area contributed by atoms with Crippen LogP contribution in [-0.2, 0) is 25.6 Å². The quantitative estimate of drug-likeness (QED) is 0.277. The maximum Gasteiger partial charge on any atom is 0.243 e. The molecule has 0 saturated carbocycles. The van der Waals surface area contributed by atoms with Crippen LogP contribution >= 0.6 is 12.4 Å². The van der Waals surface area contributed by atoms with Gasteiger partial charge in [-0.25, -0.2) is 0 Å². The molecule has 2 aliphatic heterocycles. The number of carbonyl (C=O) groups is 4. The summed E-state index contributed by atoms with van der Waals surface area (Å²) in [4.78, 5) is 54.1. The highest BCUT2D eigenvalue weighted by atomic mass is 35.5. The van der Waals surface area contributed by atoms with Crippen LogP contribution in [0.1, 0.15) is 58.9 Å². The maximum atomic E-state index is 13.5. The van der Waals surface area contributed by atoms with E-state index in [0.29, 0.717) is 19.4 Å². The van der Waals surface area contributed by atoms with E-state index in [1.807, 2.05) is 70.2 Å². The average Bonchev–Trinajstić information content (AvgIpc) is 3.63. The zero-order valence-electron chi connectivity index (χ0n) is 25.6. The van der Waals surface area contributed by atoms with E-state index in [1.54, 1.807) is 4.90 Å². The van der Waals surface area contributed by atoms with E-state index >= 15 is 0 Å². The third-order valence-corrected chi connectivity index (χ3v) is 8.22. The number of carbonyl (C=O) groups excluding carboxylic acids is 4. The van der Waals surface area contributed by atoms with Crippen molar-refractivity contribution in [2.24, 2.45) is 5.41 Å². The standard InChI is InChI=1S/C32H45N5O5.ClH/c1-31(2,3)30(42)37-16-7-11-26(37)28(40)36-25(18-21-12-13-22-9-5-6-10-23(22)17-21)27(39)33-19-24(38)20-34-29(41)32(4)14-8-15-35-32;/h5-6,9-10,12-13,17,24-26,35,38H,7-8,11,14-16,18-20H2,1-4H3,(H,33,39)(H,34,41)(H,36,40);1H/t24?,25-,26+,32+;/m1./s1. The molecule has 5 N–H and O–H groups in total. The fraction of sp³-hybridized carbons (Fsp3) is 0.562. The van der Waals surface area contributed by atoms with E-state index < -0.39 is 35.0 Å². The summed E-state index contributed by atoms with van der Waals surface area (Å²) in [6.07, 6.45) is 2.11. The van der Waals surface area contributed by atoms with Gasteiger partial charge in [-0.1, -0.05) is 63.2 Å². The van der Waals surface area contributed by atoms with Crippen LogP contribution in [0.3, 0.4) is 0 Å². The third-order valence-electron chi connectivity index (χ3n) is 8.22. The highest BCUT2D eigenvalue weighted by Gasteiger charge is 2.40. The van der Waals surface area contributed by atoms with Crippen LogP contribution in [-0.4, -0.2) is 83.5 Å². The Hall–Kier alpha value is -3.21. The van der Waals surface area contributed by atoms with Crippen molar-refractivity contribution in [1.29, 1.82) is 0 Å². The molecule has 4 atom stereocenters. The number of fused-ring (bicyclic) bond motifs is 1. The highest BCUT2D eigenvalue weighted by Crippen LogP contribution is 2.26. The van der Waals surface area contributed by atoms with Crippen LogP contribution in [0.2, 0.25) is 0 Å². The van der Waals surface area contributed by atoms with E-state index in [-0.39, 0.29) is 49.6 Å². The SMILES string of the molecule is CC(C)(C)C(=O)N1CCC[C@H]1C(=O)N[C@H](Cc1ccc2ccccc2c1)C(=O)NCC(O)CNC(=O)[C@]1(C)CCCN1.Cl. The molecule has 11 heteroatoms. The van der Waals surface area contributed by atoms with Gasteiger partial charge < -0.3 is 31.3 Å². The number of nitrogens with one attached hydrogen (secondary N) is 4. The Kier molecular flexibility index (Phi) is 11.6. The summed E-state index contributed by atoms with van der Waals surface area (Å²) in [5.74, 6) is -1.09. The Morgan fingerprint density at radius 2 is 1.74 bits per heavy atom. The van der Waals surface area contributed by atoms with E-state index in [9.17, 15) is 24.3 Å². The molecule has 10 nitrogen and oxygen atoms in total. The van der Waals surface area contributed by atoms with Gasteiger partial charge in [0.2, 0.25) is 23.6 Å². The van der Waals surface area contributed by atoms with Gasteiger partial charge in [0.15, 0.2) is 0 Å². The average molecular weight is 616 g/mol. The molecule has 1 unspecified atom stereocenters. The Morgan fingerprint density at radius 3 is 2.42 bits per heavy atom. The zero-order valence-corrected chi connectivity index (χ0v) is 26.4. The number of likely N-dealkylation sites (tertiary alicyclic amines) is 1. The molecule has 0 bridgehead atoms. The van der Waals surface area contributed by atoms with Gasteiger partial charge in [0.25, 0.3) is 0 Å². The normalized spacial score (nSPS) is 21.5. The molecule has 2 fully saturated rings. The molecule has 0 aromatic heterocycles. The minimum absolute atomic E-state index is 0. The fourth-order valence-corrected chi connectivity index (χ4v) is 5.70. The Labute approximate surface area is 260 Å². The maximum absolute atomic E-state index is 13.5. The van der Waals surface area contributed by atoms with Gasteiger partial charge in [0.1, 0.15) is 12.1 Å². The smallest absolute Gasteiger partial charge is 0.243 e. The minimum atomic E-state index is -1.00. The second kappa shape index (κ2) is 14.5. The predicted octanol–water partition coefficient (Wildman–Crippen LogP) is 2.06. The first-order valence-corrected chi connectivity index (χ1v) is 15.0. The van der Waals surface area contributed by atoms with E-state index in [0.717, 1.165) is 35.7 Å². The minimum Gasteiger partial charge on any atom is -0.389 e. The van der Waals surface area contributed by atoms with Crippen LogP contribution in [0, 0.1) is 5.41 Å². The van der Waals surface area contributed by atoms with Crippen molar-refractivity contribution in [3.05, 3.63) is 48.0 Å². The monoisotopic (exact) mass is 615 g/mol. The van der Waals surface area contributed by atoms with Gasteiger partial charge in [0.05, 0.1) is 11.6 Å². The van der Waals surface area contributed by atoms with Gasteiger partial charge >= 0.3 is 0 Å². The molecule has 2 aromatic carbocycles. The van der Waals surface area contributed by atoms with Crippen LogP contribution in [0.5, 0.6) is 0 Å². The molecule has 0 spiro atoms. The summed E-state index contributed by atoms with van der Waals surface area (Å²) >= 11 is 0. The van der Waals surface area contributed by atoms with Crippen LogP contribution in [0.15, 0.2) is 42.5 Å². The molecule has 2 saturated heterocycles. The van der Waals surface area contributed by atoms with Gasteiger partial charge in [-0.2, -0.15) is 0 Å². The first-order chi connectivity index (χ1) is 19.9. The summed E-state index contributed by atoms with van der Waals surface area (Å²) in [5, 5.41) is 24.2. The van der Waals surface area contributed by atoms with Gasteiger partial charge in [0, 0.05) is 31.5 Å². The molecule has 2 aromatic rings. The van der Waals surface area contributed by atoms with Gasteiger partial charge in [-0.05, 0) is 55.5 Å².